The quantitative estimate of drug-likeness (QED) is 0.624. The highest BCUT2D eigenvalue weighted by atomic mass is 16.5. The molecule has 3 rings (SSSR count). The maximum atomic E-state index is 11.9. The molecule has 2 aromatic carbocycles. The number of esters is 2. The lowest BCUT2D eigenvalue weighted by molar-refractivity contribution is 0.0593. The van der Waals surface area contributed by atoms with Crippen LogP contribution in [0.2, 0.25) is 0 Å². The maximum Gasteiger partial charge on any atom is 0.339 e. The monoisotopic (exact) mass is 379 g/mol. The Morgan fingerprint density at radius 3 is 1.93 bits per heavy atom. The molecule has 28 heavy (non-hydrogen) atoms. The van der Waals surface area contributed by atoms with E-state index in [1.165, 1.54) is 20.4 Å². The summed E-state index contributed by atoms with van der Waals surface area (Å²) < 4.78 is 9.55. The second-order valence-electron chi connectivity index (χ2n) is 5.49. The topological polar surface area (TPSA) is 115 Å². The number of ether oxygens (including phenoxy) is 2. The van der Waals surface area contributed by atoms with Crippen molar-refractivity contribution in [3.8, 4) is 0 Å². The molecule has 0 aliphatic rings. The van der Waals surface area contributed by atoms with E-state index >= 15 is 0 Å². The van der Waals surface area contributed by atoms with Crippen LogP contribution in [-0.4, -0.2) is 41.3 Å². The molecule has 1 aromatic heterocycles. The summed E-state index contributed by atoms with van der Waals surface area (Å²) >= 11 is 0. The molecular weight excluding hydrogens is 362 g/mol. The highest BCUT2D eigenvalue weighted by Crippen LogP contribution is 2.22. The van der Waals surface area contributed by atoms with Gasteiger partial charge in [-0.05, 0) is 24.3 Å². The van der Waals surface area contributed by atoms with E-state index in [1.54, 1.807) is 48.5 Å². The van der Waals surface area contributed by atoms with Gasteiger partial charge in [-0.15, -0.1) is 5.10 Å². The first-order valence-corrected chi connectivity index (χ1v) is 8.21. The lowest BCUT2D eigenvalue weighted by atomic mass is 10.2. The molecular formula is C19H17N5O4. The summed E-state index contributed by atoms with van der Waals surface area (Å²) in [5, 5.41) is 13.8. The van der Waals surface area contributed by atoms with E-state index in [9.17, 15) is 9.59 Å². The molecule has 0 spiro atoms. The van der Waals surface area contributed by atoms with Crippen LogP contribution < -0.4 is 10.6 Å². The summed E-state index contributed by atoms with van der Waals surface area (Å²) in [7, 11) is 2.62. The smallest absolute Gasteiger partial charge is 0.339 e. The summed E-state index contributed by atoms with van der Waals surface area (Å²) in [5.74, 6) is -0.450. The van der Waals surface area contributed by atoms with E-state index in [0.29, 0.717) is 28.3 Å². The molecule has 0 unspecified atom stereocenters. The second-order valence-corrected chi connectivity index (χ2v) is 5.49. The highest BCUT2D eigenvalue weighted by Gasteiger charge is 2.14. The van der Waals surface area contributed by atoms with Crippen LogP contribution in [0.5, 0.6) is 0 Å². The van der Waals surface area contributed by atoms with Crippen molar-refractivity contribution >= 4 is 35.1 Å². The third-order valence-corrected chi connectivity index (χ3v) is 3.73. The van der Waals surface area contributed by atoms with Crippen LogP contribution in [0, 0.1) is 0 Å². The van der Waals surface area contributed by atoms with Gasteiger partial charge in [-0.3, -0.25) is 0 Å². The lowest BCUT2D eigenvalue weighted by Gasteiger charge is -2.11. The fourth-order valence-electron chi connectivity index (χ4n) is 2.44. The Hall–Kier alpha value is -4.01. The van der Waals surface area contributed by atoms with Crippen LogP contribution in [-0.2, 0) is 9.47 Å². The minimum Gasteiger partial charge on any atom is -0.465 e. The molecule has 3 aromatic rings. The predicted octanol–water partition coefficient (Wildman–Crippen LogP) is 2.93. The van der Waals surface area contributed by atoms with Crippen molar-refractivity contribution in [2.45, 2.75) is 0 Å². The summed E-state index contributed by atoms with van der Waals surface area (Å²) in [6, 6.07) is 13.7. The van der Waals surface area contributed by atoms with E-state index in [0.717, 1.165) is 0 Å². The Kier molecular flexibility index (Phi) is 5.75. The molecule has 0 amide bonds. The van der Waals surface area contributed by atoms with Gasteiger partial charge in [0.1, 0.15) is 0 Å². The van der Waals surface area contributed by atoms with Gasteiger partial charge in [0.25, 0.3) is 0 Å². The Balaban J connectivity index is 1.85. The number of nitrogens with one attached hydrogen (secondary N) is 2. The Morgan fingerprint density at radius 1 is 0.821 bits per heavy atom. The first-order chi connectivity index (χ1) is 13.6. The van der Waals surface area contributed by atoms with E-state index in [4.69, 9.17) is 9.47 Å². The summed E-state index contributed by atoms with van der Waals surface area (Å²) in [6.45, 7) is 0. The molecule has 0 bridgehead atoms. The second kappa shape index (κ2) is 8.58. The summed E-state index contributed by atoms with van der Waals surface area (Å²) in [4.78, 5) is 28.1. The van der Waals surface area contributed by atoms with E-state index in [1.807, 2.05) is 0 Å². The van der Waals surface area contributed by atoms with Gasteiger partial charge in [0.15, 0.2) is 5.82 Å². The molecule has 142 valence electrons. The average molecular weight is 379 g/mol. The van der Waals surface area contributed by atoms with Crippen LogP contribution in [0.3, 0.4) is 0 Å². The summed E-state index contributed by atoms with van der Waals surface area (Å²) in [6.07, 6.45) is 1.41. The zero-order chi connectivity index (χ0) is 19.9. The predicted molar refractivity (Wildman–Crippen MR) is 102 cm³/mol. The molecule has 2 N–H and O–H groups in total. The standard InChI is InChI=1S/C19H17N5O4/c1-27-17(25)12-7-3-5-9-14(12)21-16-11-20-24-19(23-16)22-15-10-6-4-8-13(15)18(26)28-2/h3-11H,1-2H3,(H2,21,22,23,24). The number of aromatic nitrogens is 3. The number of benzene rings is 2. The van der Waals surface area contributed by atoms with Gasteiger partial charge in [-0.25, -0.2) is 9.59 Å². The molecule has 0 atom stereocenters. The van der Waals surface area contributed by atoms with Crippen LogP contribution in [0.1, 0.15) is 20.7 Å². The molecule has 0 saturated carbocycles. The van der Waals surface area contributed by atoms with E-state index in [2.05, 4.69) is 25.8 Å². The number of methoxy groups -OCH3 is 2. The van der Waals surface area contributed by atoms with Gasteiger partial charge in [0, 0.05) is 0 Å². The number of carbonyl (C=O) groups is 2. The van der Waals surface area contributed by atoms with Crippen LogP contribution in [0.4, 0.5) is 23.1 Å². The Labute approximate surface area is 160 Å². The van der Waals surface area contributed by atoms with Crippen LogP contribution >= 0.6 is 0 Å². The molecule has 9 heteroatoms. The van der Waals surface area contributed by atoms with Crippen LogP contribution in [0.15, 0.2) is 54.7 Å². The van der Waals surface area contributed by atoms with Gasteiger partial charge in [-0.1, -0.05) is 24.3 Å². The number of anilines is 4. The largest absolute Gasteiger partial charge is 0.465 e. The fraction of sp³-hybridized carbons (Fsp3) is 0.105. The van der Waals surface area contributed by atoms with Crippen molar-refractivity contribution in [3.63, 3.8) is 0 Å². The fourth-order valence-corrected chi connectivity index (χ4v) is 2.44. The normalized spacial score (nSPS) is 10.1. The molecule has 0 aliphatic heterocycles. The van der Waals surface area contributed by atoms with Crippen molar-refractivity contribution in [2.75, 3.05) is 24.9 Å². The van der Waals surface area contributed by atoms with Crippen molar-refractivity contribution < 1.29 is 19.1 Å². The number of para-hydroxylation sites is 2. The Bertz CT molecular complexity index is 932. The molecule has 9 nitrogen and oxygen atoms in total. The molecule has 0 radical (unpaired) electrons. The minimum absolute atomic E-state index is 0.164. The minimum atomic E-state index is -0.489. The average Bonchev–Trinajstić information content (AvgIpc) is 2.73. The van der Waals surface area contributed by atoms with Gasteiger partial charge in [0.05, 0.1) is 42.9 Å². The molecule has 1 heterocycles. The van der Waals surface area contributed by atoms with Gasteiger partial charge < -0.3 is 20.1 Å². The molecule has 0 saturated heterocycles. The first-order valence-electron chi connectivity index (χ1n) is 8.21. The number of rotatable bonds is 6. The van der Waals surface area contributed by atoms with Gasteiger partial charge in [0.2, 0.25) is 5.95 Å². The van der Waals surface area contributed by atoms with E-state index in [-0.39, 0.29) is 5.95 Å². The molecule has 0 fully saturated rings. The number of carbonyl (C=O) groups excluding carboxylic acids is 2. The third kappa shape index (κ3) is 4.21. The zero-order valence-corrected chi connectivity index (χ0v) is 15.2. The van der Waals surface area contributed by atoms with Crippen molar-refractivity contribution in [1.82, 2.24) is 15.2 Å². The van der Waals surface area contributed by atoms with Gasteiger partial charge in [-0.2, -0.15) is 10.1 Å². The van der Waals surface area contributed by atoms with Gasteiger partial charge >= 0.3 is 11.9 Å². The summed E-state index contributed by atoms with van der Waals surface area (Å²) in [5.41, 5.74) is 1.68. The van der Waals surface area contributed by atoms with Crippen LogP contribution in [0.25, 0.3) is 0 Å². The van der Waals surface area contributed by atoms with Crippen molar-refractivity contribution in [2.24, 2.45) is 0 Å². The van der Waals surface area contributed by atoms with Crippen molar-refractivity contribution in [1.29, 1.82) is 0 Å². The third-order valence-electron chi connectivity index (χ3n) is 3.73. The Morgan fingerprint density at radius 2 is 1.36 bits per heavy atom. The van der Waals surface area contributed by atoms with E-state index < -0.39 is 11.9 Å². The number of hydrogen-bond donors (Lipinski definition) is 2. The zero-order valence-electron chi connectivity index (χ0n) is 15.2. The lowest BCUT2D eigenvalue weighted by Crippen LogP contribution is -2.09. The van der Waals surface area contributed by atoms with Crippen molar-refractivity contribution in [3.05, 3.63) is 65.9 Å². The maximum absolute atomic E-state index is 11.9. The number of hydrogen-bond acceptors (Lipinski definition) is 9. The highest BCUT2D eigenvalue weighted by molar-refractivity contribution is 5.97. The molecule has 0 aliphatic carbocycles. The SMILES string of the molecule is COC(=O)c1ccccc1Nc1cnnc(Nc2ccccc2C(=O)OC)n1. The first kappa shape index (κ1) is 18.8. The number of nitrogens with zero attached hydrogens (tertiary/aromatic N) is 3.